The van der Waals surface area contributed by atoms with Crippen LogP contribution in [0, 0.1) is 13.8 Å². The monoisotopic (exact) mass is 446 g/mol. The quantitative estimate of drug-likeness (QED) is 0.663. The fourth-order valence-electron chi connectivity index (χ4n) is 2.78. The Morgan fingerprint density at radius 2 is 1.97 bits per heavy atom. The largest absolute Gasteiger partial charge is 0.503 e. The number of hydrogen-bond donors (Lipinski definition) is 2. The number of imide groups is 1. The highest BCUT2D eigenvalue weighted by Gasteiger charge is 2.36. The molecule has 2 aromatic rings. The Hall–Kier alpha value is -2.97. The van der Waals surface area contributed by atoms with E-state index in [1.54, 1.807) is 6.07 Å². The third-order valence-corrected chi connectivity index (χ3v) is 5.73. The maximum absolute atomic E-state index is 12.6. The van der Waals surface area contributed by atoms with Gasteiger partial charge >= 0.3 is 0 Å². The van der Waals surface area contributed by atoms with E-state index in [2.05, 4.69) is 5.32 Å². The van der Waals surface area contributed by atoms with Gasteiger partial charge in [0.1, 0.15) is 6.54 Å². The number of carbonyl (C=O) groups is 3. The molecule has 2 aromatic carbocycles. The zero-order valence-electron chi connectivity index (χ0n) is 16.5. The highest BCUT2D eigenvalue weighted by atomic mass is 35.5. The van der Waals surface area contributed by atoms with Gasteiger partial charge in [-0.3, -0.25) is 19.3 Å². The van der Waals surface area contributed by atoms with Gasteiger partial charge in [-0.25, -0.2) is 0 Å². The van der Waals surface area contributed by atoms with Gasteiger partial charge in [0, 0.05) is 5.69 Å². The second-order valence-electron chi connectivity index (χ2n) is 6.67. The van der Waals surface area contributed by atoms with E-state index < -0.39 is 23.6 Å². The van der Waals surface area contributed by atoms with E-state index in [1.165, 1.54) is 25.3 Å². The highest BCUT2D eigenvalue weighted by Crippen LogP contribution is 2.37. The summed E-state index contributed by atoms with van der Waals surface area (Å²) in [5.74, 6) is -1.13. The Morgan fingerprint density at radius 3 is 2.63 bits per heavy atom. The van der Waals surface area contributed by atoms with Crippen molar-refractivity contribution in [3.63, 3.8) is 0 Å². The summed E-state index contributed by atoms with van der Waals surface area (Å²) < 4.78 is 5.04. The van der Waals surface area contributed by atoms with Gasteiger partial charge in [-0.05, 0) is 72.6 Å². The molecule has 0 aliphatic carbocycles. The molecule has 9 heteroatoms. The van der Waals surface area contributed by atoms with E-state index in [0.29, 0.717) is 11.3 Å². The molecule has 0 saturated carbocycles. The molecule has 0 aromatic heterocycles. The minimum absolute atomic E-state index is 0.0487. The first-order valence-electron chi connectivity index (χ1n) is 8.88. The number of ether oxygens (including phenoxy) is 1. The number of thioether (sulfide) groups is 1. The fraction of sp³-hybridized carbons (Fsp3) is 0.190. The third-order valence-electron chi connectivity index (χ3n) is 4.53. The molecule has 3 amide bonds. The summed E-state index contributed by atoms with van der Waals surface area (Å²) in [6.07, 6.45) is 1.46. The highest BCUT2D eigenvalue weighted by molar-refractivity contribution is 8.18. The number of benzene rings is 2. The molecular formula is C21H19ClN2O5S. The minimum Gasteiger partial charge on any atom is -0.503 e. The summed E-state index contributed by atoms with van der Waals surface area (Å²) in [6.45, 7) is 3.50. The van der Waals surface area contributed by atoms with E-state index in [1.807, 2.05) is 26.0 Å². The third kappa shape index (κ3) is 4.60. The number of carbonyl (C=O) groups excluding carboxylic acids is 3. The zero-order valence-corrected chi connectivity index (χ0v) is 18.1. The van der Waals surface area contributed by atoms with Crippen LogP contribution in [-0.4, -0.2) is 40.7 Å². The predicted molar refractivity (Wildman–Crippen MR) is 117 cm³/mol. The zero-order chi connectivity index (χ0) is 22.0. The Kier molecular flexibility index (Phi) is 6.38. The maximum atomic E-state index is 12.6. The van der Waals surface area contributed by atoms with Crippen LogP contribution in [0.5, 0.6) is 11.5 Å². The van der Waals surface area contributed by atoms with Crippen molar-refractivity contribution in [1.82, 2.24) is 4.90 Å². The number of aryl methyl sites for hydroxylation is 2. The first-order valence-corrected chi connectivity index (χ1v) is 10.1. The lowest BCUT2D eigenvalue weighted by molar-refractivity contribution is -0.127. The predicted octanol–water partition coefficient (Wildman–Crippen LogP) is 4.35. The standard InChI is InChI=1S/C21H19ClN2O5S/c1-11-4-5-14(6-12(11)2)23-18(25)10-24-20(27)17(30-21(24)28)9-13-7-15(22)19(26)16(8-13)29-3/h4-9,26H,10H2,1-3H3,(H,23,25)/b17-9-. The van der Waals surface area contributed by atoms with Crippen LogP contribution in [0.3, 0.4) is 0 Å². The van der Waals surface area contributed by atoms with Crippen molar-refractivity contribution in [1.29, 1.82) is 0 Å². The van der Waals surface area contributed by atoms with E-state index >= 15 is 0 Å². The van der Waals surface area contributed by atoms with Crippen LogP contribution < -0.4 is 10.1 Å². The molecule has 1 heterocycles. The number of hydrogen-bond acceptors (Lipinski definition) is 6. The molecule has 1 aliphatic rings. The van der Waals surface area contributed by atoms with E-state index in [4.69, 9.17) is 16.3 Å². The number of phenolic OH excluding ortho intramolecular Hbond substituents is 1. The maximum Gasteiger partial charge on any atom is 0.294 e. The van der Waals surface area contributed by atoms with Gasteiger partial charge < -0.3 is 15.2 Å². The smallest absolute Gasteiger partial charge is 0.294 e. The number of rotatable bonds is 5. The van der Waals surface area contributed by atoms with Gasteiger partial charge in [0.25, 0.3) is 11.1 Å². The van der Waals surface area contributed by atoms with Gasteiger partial charge in [0.15, 0.2) is 11.5 Å². The molecule has 1 aliphatic heterocycles. The number of phenols is 1. The first kappa shape index (κ1) is 21.7. The Bertz CT molecular complexity index is 1080. The van der Waals surface area contributed by atoms with Gasteiger partial charge in [-0.15, -0.1) is 0 Å². The summed E-state index contributed by atoms with van der Waals surface area (Å²) in [6, 6.07) is 8.39. The van der Waals surface area contributed by atoms with Gasteiger partial charge in [0.05, 0.1) is 17.0 Å². The molecule has 0 atom stereocenters. The Balaban J connectivity index is 1.74. The summed E-state index contributed by atoms with van der Waals surface area (Å²) in [5, 5.41) is 12.0. The lowest BCUT2D eigenvalue weighted by atomic mass is 10.1. The number of aromatic hydroxyl groups is 1. The van der Waals surface area contributed by atoms with Crippen LogP contribution in [0.25, 0.3) is 6.08 Å². The van der Waals surface area contributed by atoms with Crippen LogP contribution >= 0.6 is 23.4 Å². The number of nitrogens with zero attached hydrogens (tertiary/aromatic N) is 1. The normalized spacial score (nSPS) is 15.1. The molecule has 0 unspecified atom stereocenters. The topological polar surface area (TPSA) is 95.9 Å². The lowest BCUT2D eigenvalue weighted by Crippen LogP contribution is -2.36. The van der Waals surface area contributed by atoms with Crippen LogP contribution in [0.2, 0.25) is 5.02 Å². The average molecular weight is 447 g/mol. The Morgan fingerprint density at radius 1 is 1.23 bits per heavy atom. The van der Waals surface area contributed by atoms with Gasteiger partial charge in [-0.2, -0.15) is 0 Å². The van der Waals surface area contributed by atoms with Gasteiger partial charge in [0.2, 0.25) is 5.91 Å². The van der Waals surface area contributed by atoms with Crippen molar-refractivity contribution in [2.24, 2.45) is 0 Å². The second kappa shape index (κ2) is 8.81. The van der Waals surface area contributed by atoms with Crippen molar-refractivity contribution >= 4 is 52.2 Å². The van der Waals surface area contributed by atoms with Crippen LogP contribution in [0.1, 0.15) is 16.7 Å². The molecule has 0 spiro atoms. The number of anilines is 1. The Labute approximate surface area is 182 Å². The average Bonchev–Trinajstić information content (AvgIpc) is 2.94. The minimum atomic E-state index is -0.580. The number of amides is 3. The van der Waals surface area contributed by atoms with Crippen molar-refractivity contribution in [3.8, 4) is 11.5 Å². The molecule has 0 bridgehead atoms. The SMILES string of the molecule is COc1cc(/C=C2\SC(=O)N(CC(=O)Nc3ccc(C)c(C)c3)C2=O)cc(Cl)c1O. The molecule has 7 nitrogen and oxygen atoms in total. The molecule has 156 valence electrons. The van der Waals surface area contributed by atoms with E-state index in [9.17, 15) is 19.5 Å². The lowest BCUT2D eigenvalue weighted by Gasteiger charge is -2.13. The van der Waals surface area contributed by atoms with Crippen LogP contribution in [0.4, 0.5) is 10.5 Å². The van der Waals surface area contributed by atoms with Crippen LogP contribution in [0.15, 0.2) is 35.2 Å². The van der Waals surface area contributed by atoms with Crippen molar-refractivity contribution in [2.45, 2.75) is 13.8 Å². The molecule has 1 fully saturated rings. The second-order valence-corrected chi connectivity index (χ2v) is 8.07. The number of halogens is 1. The molecule has 1 saturated heterocycles. The first-order chi connectivity index (χ1) is 14.2. The fourth-order valence-corrected chi connectivity index (χ4v) is 3.84. The van der Waals surface area contributed by atoms with E-state index in [0.717, 1.165) is 27.8 Å². The van der Waals surface area contributed by atoms with E-state index in [-0.39, 0.29) is 21.4 Å². The summed E-state index contributed by atoms with van der Waals surface area (Å²) >= 11 is 6.69. The summed E-state index contributed by atoms with van der Waals surface area (Å²) in [4.78, 5) is 38.3. The van der Waals surface area contributed by atoms with Crippen LogP contribution in [-0.2, 0) is 9.59 Å². The summed E-state index contributed by atoms with van der Waals surface area (Å²) in [5.41, 5.74) is 3.18. The molecule has 2 N–H and O–H groups in total. The van der Waals surface area contributed by atoms with Gasteiger partial charge in [-0.1, -0.05) is 17.7 Å². The molecule has 0 radical (unpaired) electrons. The number of methoxy groups -OCH3 is 1. The molecule has 30 heavy (non-hydrogen) atoms. The van der Waals surface area contributed by atoms with Crippen molar-refractivity contribution < 1.29 is 24.2 Å². The van der Waals surface area contributed by atoms with Crippen molar-refractivity contribution in [3.05, 3.63) is 56.9 Å². The summed E-state index contributed by atoms with van der Waals surface area (Å²) in [7, 11) is 1.37. The number of nitrogens with one attached hydrogen (secondary N) is 1. The molecular weight excluding hydrogens is 428 g/mol. The molecule has 3 rings (SSSR count). The van der Waals surface area contributed by atoms with Crippen molar-refractivity contribution in [2.75, 3.05) is 19.0 Å².